The summed E-state index contributed by atoms with van der Waals surface area (Å²) >= 11 is 0. The van der Waals surface area contributed by atoms with Gasteiger partial charge in [-0.1, -0.05) is 43.7 Å². The second-order valence-corrected chi connectivity index (χ2v) is 5.37. The molecular formula is C16H19N3O3. The molecular weight excluding hydrogens is 282 g/mol. The minimum atomic E-state index is -0.418. The molecule has 1 aromatic carbocycles. The second kappa shape index (κ2) is 7.52. The van der Waals surface area contributed by atoms with E-state index in [9.17, 15) is 9.59 Å². The van der Waals surface area contributed by atoms with E-state index in [1.165, 1.54) is 0 Å². The molecule has 1 heterocycles. The topological polar surface area (TPSA) is 83.0 Å². The van der Waals surface area contributed by atoms with E-state index in [1.54, 1.807) is 4.90 Å². The third kappa shape index (κ3) is 3.80. The Morgan fingerprint density at radius 2 is 2.09 bits per heavy atom. The molecule has 2 rings (SSSR count). The molecule has 116 valence electrons. The Morgan fingerprint density at radius 1 is 1.36 bits per heavy atom. The fourth-order valence-electron chi connectivity index (χ4n) is 2.72. The first-order chi connectivity index (χ1) is 10.7. The van der Waals surface area contributed by atoms with Gasteiger partial charge < -0.3 is 15.2 Å². The maximum atomic E-state index is 12.1. The highest BCUT2D eigenvalue weighted by atomic mass is 16.6. The van der Waals surface area contributed by atoms with Crippen molar-refractivity contribution in [2.45, 2.75) is 20.0 Å². The Labute approximate surface area is 129 Å². The Balaban J connectivity index is 1.93. The molecule has 1 saturated heterocycles. The van der Waals surface area contributed by atoms with Crippen molar-refractivity contribution in [2.24, 2.45) is 11.8 Å². The Bertz CT molecular complexity index is 582. The highest BCUT2D eigenvalue weighted by Gasteiger charge is 2.39. The zero-order valence-corrected chi connectivity index (χ0v) is 12.5. The maximum absolute atomic E-state index is 12.1. The van der Waals surface area contributed by atoms with E-state index in [0.717, 1.165) is 18.2 Å². The predicted molar refractivity (Wildman–Crippen MR) is 80.2 cm³/mol. The van der Waals surface area contributed by atoms with Gasteiger partial charge in [0, 0.05) is 13.1 Å². The largest absolute Gasteiger partial charge is 0.445 e. The summed E-state index contributed by atoms with van der Waals surface area (Å²) in [6, 6.07) is 9.44. The number of ketones is 1. The number of carbonyl (C=O) groups excluding carboxylic acids is 2. The van der Waals surface area contributed by atoms with E-state index < -0.39 is 6.09 Å². The van der Waals surface area contributed by atoms with E-state index >= 15 is 0 Å². The zero-order chi connectivity index (χ0) is 15.9. The molecule has 1 aliphatic rings. The van der Waals surface area contributed by atoms with Crippen LogP contribution in [0, 0.1) is 11.8 Å². The lowest BCUT2D eigenvalue weighted by atomic mass is 9.90. The van der Waals surface area contributed by atoms with E-state index in [-0.39, 0.29) is 24.2 Å². The van der Waals surface area contributed by atoms with Crippen LogP contribution in [0.3, 0.4) is 0 Å². The van der Waals surface area contributed by atoms with Crippen LogP contribution in [0.2, 0.25) is 0 Å². The van der Waals surface area contributed by atoms with Gasteiger partial charge in [-0.15, -0.1) is 0 Å². The lowest BCUT2D eigenvalue weighted by Crippen LogP contribution is -2.30. The molecule has 2 atom stereocenters. The molecule has 0 spiro atoms. The summed E-state index contributed by atoms with van der Waals surface area (Å²) in [4.78, 5) is 28.3. The number of likely N-dealkylation sites (tertiary alicyclic amines) is 1. The summed E-state index contributed by atoms with van der Waals surface area (Å²) in [5, 5.41) is 0. The zero-order valence-electron chi connectivity index (χ0n) is 12.5. The number of carbonyl (C=O) groups is 2. The predicted octanol–water partition coefficient (Wildman–Crippen LogP) is 2.15. The maximum Gasteiger partial charge on any atom is 0.410 e. The van der Waals surface area contributed by atoms with E-state index in [0.29, 0.717) is 13.1 Å². The molecule has 0 aliphatic carbocycles. The molecule has 0 saturated carbocycles. The molecule has 0 N–H and O–H groups in total. The molecule has 6 heteroatoms. The van der Waals surface area contributed by atoms with Gasteiger partial charge in [0.05, 0.1) is 5.92 Å². The van der Waals surface area contributed by atoms with Gasteiger partial charge in [-0.25, -0.2) is 4.79 Å². The molecule has 1 unspecified atom stereocenters. The molecule has 6 nitrogen and oxygen atoms in total. The van der Waals surface area contributed by atoms with Crippen LogP contribution in [0.25, 0.3) is 5.53 Å². The molecule has 1 aromatic rings. The third-order valence-corrected chi connectivity index (χ3v) is 3.98. The summed E-state index contributed by atoms with van der Waals surface area (Å²) in [6.07, 6.45) is 1.27. The van der Waals surface area contributed by atoms with Crippen molar-refractivity contribution in [3.8, 4) is 0 Å². The van der Waals surface area contributed by atoms with Gasteiger partial charge in [-0.3, -0.25) is 4.79 Å². The van der Waals surface area contributed by atoms with Crippen LogP contribution in [0.4, 0.5) is 4.79 Å². The van der Waals surface area contributed by atoms with Gasteiger partial charge in [0.25, 0.3) is 0 Å². The number of rotatable bonds is 5. The average Bonchev–Trinajstić information content (AvgIpc) is 2.98. The van der Waals surface area contributed by atoms with Crippen LogP contribution in [0.5, 0.6) is 0 Å². The number of amides is 1. The van der Waals surface area contributed by atoms with Crippen molar-refractivity contribution in [1.29, 1.82) is 0 Å². The summed E-state index contributed by atoms with van der Waals surface area (Å²) < 4.78 is 5.29. The fraction of sp³-hybridized carbons (Fsp3) is 0.438. The molecule has 1 fully saturated rings. The minimum Gasteiger partial charge on any atom is -0.445 e. The van der Waals surface area contributed by atoms with Crippen molar-refractivity contribution in [3.63, 3.8) is 0 Å². The smallest absolute Gasteiger partial charge is 0.410 e. The van der Waals surface area contributed by atoms with Crippen LogP contribution >= 0.6 is 0 Å². The Hall–Kier alpha value is -2.46. The Morgan fingerprint density at radius 3 is 2.73 bits per heavy atom. The van der Waals surface area contributed by atoms with Crippen molar-refractivity contribution in [2.75, 3.05) is 13.1 Å². The van der Waals surface area contributed by atoms with Crippen LogP contribution in [-0.2, 0) is 16.1 Å². The van der Waals surface area contributed by atoms with Gasteiger partial charge in [0.15, 0.2) is 0 Å². The third-order valence-electron chi connectivity index (χ3n) is 3.98. The van der Waals surface area contributed by atoms with Gasteiger partial charge in [-0.2, -0.15) is 4.79 Å². The number of benzene rings is 1. The summed E-state index contributed by atoms with van der Waals surface area (Å²) in [5.74, 6) is -0.521. The van der Waals surface area contributed by atoms with Crippen LogP contribution in [0.1, 0.15) is 18.9 Å². The monoisotopic (exact) mass is 301 g/mol. The van der Waals surface area contributed by atoms with Crippen molar-refractivity contribution < 1.29 is 19.1 Å². The average molecular weight is 301 g/mol. The summed E-state index contributed by atoms with van der Waals surface area (Å²) in [6.45, 7) is 2.97. The number of nitrogens with zero attached hydrogens (tertiary/aromatic N) is 3. The SMILES string of the molecule is CC[C@@H]1CN(C(=O)OCc2ccccc2)CC1C(=O)C=[N+]=[N-]. The number of Topliss-reactive ketones (excluding diaryl/α,β-unsaturated/α-hetero) is 1. The molecule has 0 aromatic heterocycles. The first-order valence-electron chi connectivity index (χ1n) is 7.32. The number of hydrogen-bond donors (Lipinski definition) is 0. The lowest BCUT2D eigenvalue weighted by Gasteiger charge is -2.16. The van der Waals surface area contributed by atoms with E-state index in [4.69, 9.17) is 10.3 Å². The summed E-state index contributed by atoms with van der Waals surface area (Å²) in [7, 11) is 0. The summed E-state index contributed by atoms with van der Waals surface area (Å²) in [5.41, 5.74) is 9.40. The first kappa shape index (κ1) is 15.9. The quantitative estimate of drug-likeness (QED) is 0.474. The van der Waals surface area contributed by atoms with Gasteiger partial charge >= 0.3 is 12.3 Å². The van der Waals surface area contributed by atoms with Crippen molar-refractivity contribution in [1.82, 2.24) is 4.90 Å². The standard InChI is InChI=1S/C16H19N3O3/c1-2-13-9-19(10-14(13)15(20)8-18-17)16(21)22-11-12-6-4-3-5-7-12/h3-8,13-14H,2,9-11H2,1H3/t13-,14?/m1/s1. The fourth-order valence-corrected chi connectivity index (χ4v) is 2.72. The molecule has 1 amide bonds. The van der Waals surface area contributed by atoms with Gasteiger partial charge in [0.2, 0.25) is 5.78 Å². The molecule has 0 bridgehead atoms. The number of ether oxygens (including phenoxy) is 1. The lowest BCUT2D eigenvalue weighted by molar-refractivity contribution is -0.120. The first-order valence-corrected chi connectivity index (χ1v) is 7.32. The molecule has 0 radical (unpaired) electrons. The molecule has 22 heavy (non-hydrogen) atoms. The van der Waals surface area contributed by atoms with E-state index in [2.05, 4.69) is 4.79 Å². The molecule has 1 aliphatic heterocycles. The Kier molecular flexibility index (Phi) is 5.44. The highest BCUT2D eigenvalue weighted by molar-refractivity contribution is 6.26. The van der Waals surface area contributed by atoms with Crippen LogP contribution in [-0.4, -0.2) is 40.9 Å². The van der Waals surface area contributed by atoms with E-state index in [1.807, 2.05) is 37.3 Å². The normalized spacial score (nSPS) is 20.3. The van der Waals surface area contributed by atoms with Crippen molar-refractivity contribution >= 4 is 18.1 Å². The van der Waals surface area contributed by atoms with Crippen LogP contribution < -0.4 is 0 Å². The van der Waals surface area contributed by atoms with Crippen LogP contribution in [0.15, 0.2) is 30.3 Å². The minimum absolute atomic E-state index is 0.0646. The highest BCUT2D eigenvalue weighted by Crippen LogP contribution is 2.27. The number of hydrogen-bond acceptors (Lipinski definition) is 3. The van der Waals surface area contributed by atoms with Gasteiger partial charge in [-0.05, 0) is 11.5 Å². The van der Waals surface area contributed by atoms with Crippen molar-refractivity contribution in [3.05, 3.63) is 41.4 Å². The second-order valence-electron chi connectivity index (χ2n) is 5.37. The van der Waals surface area contributed by atoms with Gasteiger partial charge in [0.1, 0.15) is 6.61 Å².